The van der Waals surface area contributed by atoms with E-state index in [4.69, 9.17) is 11.6 Å². The summed E-state index contributed by atoms with van der Waals surface area (Å²) in [6, 6.07) is 7.09. The van der Waals surface area contributed by atoms with Gasteiger partial charge in [0.1, 0.15) is 0 Å². The van der Waals surface area contributed by atoms with E-state index in [0.717, 1.165) is 5.56 Å². The predicted octanol–water partition coefficient (Wildman–Crippen LogP) is 3.21. The third-order valence-electron chi connectivity index (χ3n) is 2.81. The number of halogens is 1. The minimum atomic E-state index is -3.17. The van der Waals surface area contributed by atoms with Crippen LogP contribution >= 0.6 is 11.6 Å². The van der Waals surface area contributed by atoms with Gasteiger partial charge < -0.3 is 0 Å². The molecule has 0 aliphatic rings. The Morgan fingerprint density at radius 2 is 1.81 bits per heavy atom. The molecule has 2 atom stereocenters. The molecule has 1 rings (SSSR count). The molecule has 0 saturated heterocycles. The van der Waals surface area contributed by atoms with Gasteiger partial charge in [-0.15, -0.1) is 11.6 Å². The molecule has 16 heavy (non-hydrogen) atoms. The molecule has 0 aliphatic carbocycles. The number of sulfone groups is 1. The van der Waals surface area contributed by atoms with Crippen molar-refractivity contribution in [2.45, 2.75) is 37.0 Å². The molecule has 0 aliphatic heterocycles. The molecule has 0 saturated carbocycles. The summed E-state index contributed by atoms with van der Waals surface area (Å²) in [5, 5.41) is -0.0896. The molecule has 90 valence electrons. The van der Waals surface area contributed by atoms with Crippen LogP contribution in [0.5, 0.6) is 0 Å². The summed E-state index contributed by atoms with van der Waals surface area (Å²) in [5.41, 5.74) is 0.812. The smallest absolute Gasteiger partial charge is 0.178 e. The van der Waals surface area contributed by atoms with Crippen LogP contribution in [0, 0.1) is 0 Å². The second-order valence-corrected chi connectivity index (χ2v) is 6.84. The third-order valence-corrected chi connectivity index (χ3v) is 4.99. The molecule has 0 radical (unpaired) electrons. The van der Waals surface area contributed by atoms with E-state index >= 15 is 0 Å². The SMILES string of the molecule is CCS(=O)(=O)c1ccccc1C(C)C(C)Cl. The summed E-state index contributed by atoms with van der Waals surface area (Å²) < 4.78 is 23.8. The van der Waals surface area contributed by atoms with Crippen molar-refractivity contribution in [1.82, 2.24) is 0 Å². The summed E-state index contributed by atoms with van der Waals surface area (Å²) in [5.74, 6) is 0.145. The van der Waals surface area contributed by atoms with E-state index < -0.39 is 9.84 Å². The highest BCUT2D eigenvalue weighted by Crippen LogP contribution is 2.29. The van der Waals surface area contributed by atoms with Crippen LogP contribution in [0.2, 0.25) is 0 Å². The van der Waals surface area contributed by atoms with Gasteiger partial charge >= 0.3 is 0 Å². The summed E-state index contributed by atoms with van der Waals surface area (Å²) in [4.78, 5) is 0.414. The predicted molar refractivity (Wildman–Crippen MR) is 67.9 cm³/mol. The van der Waals surface area contributed by atoms with Crippen molar-refractivity contribution in [3.05, 3.63) is 29.8 Å². The molecule has 2 unspecified atom stereocenters. The Hall–Kier alpha value is -0.540. The number of alkyl halides is 1. The van der Waals surface area contributed by atoms with Crippen LogP contribution in [0.25, 0.3) is 0 Å². The first-order valence-corrected chi connectivity index (χ1v) is 7.44. The number of hydrogen-bond acceptors (Lipinski definition) is 2. The molecule has 0 aromatic heterocycles. The van der Waals surface area contributed by atoms with Gasteiger partial charge in [0.2, 0.25) is 0 Å². The van der Waals surface area contributed by atoms with Crippen molar-refractivity contribution in [3.8, 4) is 0 Å². The van der Waals surface area contributed by atoms with Crippen LogP contribution < -0.4 is 0 Å². The molecule has 1 aromatic rings. The van der Waals surface area contributed by atoms with Crippen molar-refractivity contribution in [3.63, 3.8) is 0 Å². The van der Waals surface area contributed by atoms with Gasteiger partial charge in [-0.2, -0.15) is 0 Å². The highest BCUT2D eigenvalue weighted by molar-refractivity contribution is 7.91. The van der Waals surface area contributed by atoms with Gasteiger partial charge in [0, 0.05) is 5.38 Å². The molecular formula is C12H17ClO2S. The maximum absolute atomic E-state index is 11.9. The third kappa shape index (κ3) is 2.77. The van der Waals surface area contributed by atoms with Crippen molar-refractivity contribution < 1.29 is 8.42 Å². The number of benzene rings is 1. The first-order chi connectivity index (χ1) is 7.40. The lowest BCUT2D eigenvalue weighted by Gasteiger charge is -2.17. The lowest BCUT2D eigenvalue weighted by Crippen LogP contribution is -2.12. The fraction of sp³-hybridized carbons (Fsp3) is 0.500. The molecule has 2 nitrogen and oxygen atoms in total. The van der Waals surface area contributed by atoms with Crippen LogP contribution in [-0.2, 0) is 9.84 Å². The van der Waals surface area contributed by atoms with E-state index in [-0.39, 0.29) is 17.0 Å². The number of hydrogen-bond donors (Lipinski definition) is 0. The van der Waals surface area contributed by atoms with Gasteiger partial charge in [0.25, 0.3) is 0 Å². The topological polar surface area (TPSA) is 34.1 Å². The summed E-state index contributed by atoms with van der Waals surface area (Å²) in [6.45, 7) is 5.48. The van der Waals surface area contributed by atoms with E-state index in [2.05, 4.69) is 0 Å². The highest BCUT2D eigenvalue weighted by atomic mass is 35.5. The normalized spacial score (nSPS) is 15.8. The van der Waals surface area contributed by atoms with E-state index in [9.17, 15) is 8.42 Å². The number of rotatable bonds is 4. The van der Waals surface area contributed by atoms with Crippen molar-refractivity contribution >= 4 is 21.4 Å². The first-order valence-electron chi connectivity index (χ1n) is 5.36. The quantitative estimate of drug-likeness (QED) is 0.779. The van der Waals surface area contributed by atoms with Crippen LogP contribution in [0.1, 0.15) is 32.3 Å². The van der Waals surface area contributed by atoms with Gasteiger partial charge in [-0.3, -0.25) is 0 Å². The minimum absolute atomic E-state index is 0.0270. The summed E-state index contributed by atoms with van der Waals surface area (Å²) in [7, 11) is -3.17. The maximum atomic E-state index is 11.9. The lowest BCUT2D eigenvalue weighted by molar-refractivity contribution is 0.593. The largest absolute Gasteiger partial charge is 0.224 e. The molecule has 0 spiro atoms. The van der Waals surface area contributed by atoms with Gasteiger partial charge in [-0.25, -0.2) is 8.42 Å². The van der Waals surface area contributed by atoms with E-state index in [0.29, 0.717) is 4.90 Å². The van der Waals surface area contributed by atoms with Gasteiger partial charge in [-0.05, 0) is 24.5 Å². The molecule has 0 fully saturated rings. The summed E-state index contributed by atoms with van der Waals surface area (Å²) in [6.07, 6.45) is 0. The zero-order chi connectivity index (χ0) is 12.3. The van der Waals surface area contributed by atoms with Gasteiger partial charge in [-0.1, -0.05) is 32.0 Å². The Morgan fingerprint density at radius 1 is 1.25 bits per heavy atom. The van der Waals surface area contributed by atoms with Crippen molar-refractivity contribution in [2.75, 3.05) is 5.75 Å². The maximum Gasteiger partial charge on any atom is 0.178 e. The van der Waals surface area contributed by atoms with Gasteiger partial charge in [0.15, 0.2) is 9.84 Å². The average Bonchev–Trinajstić information content (AvgIpc) is 2.28. The van der Waals surface area contributed by atoms with Gasteiger partial charge in [0.05, 0.1) is 10.6 Å². The molecule has 4 heteroatoms. The second-order valence-electron chi connectivity index (χ2n) is 3.91. The van der Waals surface area contributed by atoms with Crippen LogP contribution in [0.4, 0.5) is 0 Å². The van der Waals surface area contributed by atoms with Crippen molar-refractivity contribution in [2.24, 2.45) is 0 Å². The molecular weight excluding hydrogens is 244 g/mol. The summed E-state index contributed by atoms with van der Waals surface area (Å²) >= 11 is 6.03. The standard InChI is InChI=1S/C12H17ClO2S/c1-4-16(14,15)12-8-6-5-7-11(12)9(2)10(3)13/h5-10H,4H2,1-3H3. The zero-order valence-electron chi connectivity index (χ0n) is 9.77. The Morgan fingerprint density at radius 3 is 2.31 bits per heavy atom. The Balaban J connectivity index is 3.32. The Bertz CT molecular complexity index is 452. The molecule has 0 amide bonds. The van der Waals surface area contributed by atoms with E-state index in [1.54, 1.807) is 19.1 Å². The minimum Gasteiger partial charge on any atom is -0.224 e. The highest BCUT2D eigenvalue weighted by Gasteiger charge is 2.21. The first kappa shape index (κ1) is 13.5. The monoisotopic (exact) mass is 260 g/mol. The Labute approximate surface area is 103 Å². The van der Waals surface area contributed by atoms with Crippen molar-refractivity contribution in [1.29, 1.82) is 0 Å². The van der Waals surface area contributed by atoms with E-state index in [1.165, 1.54) is 0 Å². The molecule has 0 N–H and O–H groups in total. The van der Waals surface area contributed by atoms with Crippen LogP contribution in [0.3, 0.4) is 0 Å². The Kier molecular flexibility index (Phi) is 4.39. The van der Waals surface area contributed by atoms with Crippen LogP contribution in [-0.4, -0.2) is 19.5 Å². The molecule has 0 heterocycles. The fourth-order valence-electron chi connectivity index (χ4n) is 1.54. The van der Waals surface area contributed by atoms with Crippen LogP contribution in [0.15, 0.2) is 29.2 Å². The zero-order valence-corrected chi connectivity index (χ0v) is 11.3. The average molecular weight is 261 g/mol. The second kappa shape index (κ2) is 5.19. The molecule has 1 aromatic carbocycles. The fourth-order valence-corrected chi connectivity index (χ4v) is 2.89. The molecule has 0 bridgehead atoms. The van der Waals surface area contributed by atoms with E-state index in [1.807, 2.05) is 26.0 Å². The lowest BCUT2D eigenvalue weighted by atomic mass is 9.98.